The largest absolute Gasteiger partial charge is 0.336 e. The van der Waals surface area contributed by atoms with Crippen molar-refractivity contribution in [1.29, 1.82) is 0 Å². The lowest BCUT2D eigenvalue weighted by Gasteiger charge is -2.32. The molecule has 0 spiro atoms. The predicted molar refractivity (Wildman–Crippen MR) is 60.5 cm³/mol. The number of H-pyrrole nitrogens is 1. The van der Waals surface area contributed by atoms with Crippen molar-refractivity contribution < 1.29 is 4.79 Å². The Morgan fingerprint density at radius 2 is 2.00 bits per heavy atom. The summed E-state index contributed by atoms with van der Waals surface area (Å²) in [6.45, 7) is 3.08. The number of carbonyl (C=O) groups is 1. The van der Waals surface area contributed by atoms with E-state index in [1.807, 2.05) is 7.05 Å². The predicted octanol–water partition coefficient (Wildman–Crippen LogP) is -0.238. The molecular formula is C11H15N3O2. The zero-order valence-electron chi connectivity index (χ0n) is 9.27. The second kappa shape index (κ2) is 4.49. The molecule has 0 radical (unpaired) electrons. The molecule has 1 amide bonds. The zero-order valence-corrected chi connectivity index (χ0v) is 9.27. The molecule has 5 nitrogen and oxygen atoms in total. The van der Waals surface area contributed by atoms with Crippen molar-refractivity contribution in [2.45, 2.75) is 0 Å². The van der Waals surface area contributed by atoms with Crippen molar-refractivity contribution in [2.24, 2.45) is 0 Å². The van der Waals surface area contributed by atoms with Crippen LogP contribution < -0.4 is 5.56 Å². The molecule has 5 heteroatoms. The Bertz CT molecular complexity index is 433. The van der Waals surface area contributed by atoms with Gasteiger partial charge in [-0.3, -0.25) is 9.59 Å². The highest BCUT2D eigenvalue weighted by Crippen LogP contribution is 2.04. The molecule has 1 N–H and O–H groups in total. The van der Waals surface area contributed by atoms with Crippen LogP contribution in [0.4, 0.5) is 0 Å². The van der Waals surface area contributed by atoms with Crippen molar-refractivity contribution in [3.8, 4) is 0 Å². The Morgan fingerprint density at radius 1 is 1.31 bits per heavy atom. The number of amides is 1. The average Bonchev–Trinajstić information content (AvgIpc) is 2.30. The van der Waals surface area contributed by atoms with Gasteiger partial charge in [0.2, 0.25) is 0 Å². The zero-order chi connectivity index (χ0) is 11.5. The molecule has 1 aliphatic rings. The maximum Gasteiger partial charge on any atom is 0.260 e. The van der Waals surface area contributed by atoms with Crippen LogP contribution in [0.25, 0.3) is 0 Å². The van der Waals surface area contributed by atoms with Gasteiger partial charge in [-0.15, -0.1) is 0 Å². The van der Waals surface area contributed by atoms with Crippen molar-refractivity contribution >= 4 is 5.91 Å². The van der Waals surface area contributed by atoms with Crippen LogP contribution in [0.1, 0.15) is 10.4 Å². The van der Waals surface area contributed by atoms with Gasteiger partial charge in [0.1, 0.15) is 5.56 Å². The number of hydrogen-bond acceptors (Lipinski definition) is 3. The van der Waals surface area contributed by atoms with Crippen LogP contribution in [0.3, 0.4) is 0 Å². The van der Waals surface area contributed by atoms with Crippen molar-refractivity contribution in [3.63, 3.8) is 0 Å². The Morgan fingerprint density at radius 3 is 2.62 bits per heavy atom. The Kier molecular flexibility index (Phi) is 3.05. The van der Waals surface area contributed by atoms with Crippen molar-refractivity contribution in [3.05, 3.63) is 34.2 Å². The minimum Gasteiger partial charge on any atom is -0.336 e. The molecule has 1 aliphatic heterocycles. The number of aromatic nitrogens is 1. The fourth-order valence-electron chi connectivity index (χ4n) is 1.77. The summed E-state index contributed by atoms with van der Waals surface area (Å²) in [5.41, 5.74) is -0.0847. The summed E-state index contributed by atoms with van der Waals surface area (Å²) in [5, 5.41) is 0. The third-order valence-corrected chi connectivity index (χ3v) is 2.84. The van der Waals surface area contributed by atoms with Gasteiger partial charge in [0.25, 0.3) is 11.5 Å². The highest BCUT2D eigenvalue weighted by atomic mass is 16.2. The van der Waals surface area contributed by atoms with E-state index in [2.05, 4.69) is 9.88 Å². The average molecular weight is 221 g/mol. The monoisotopic (exact) mass is 221 g/mol. The number of nitrogens with one attached hydrogen (secondary N) is 1. The minimum atomic E-state index is -0.313. The van der Waals surface area contributed by atoms with E-state index in [9.17, 15) is 9.59 Å². The molecule has 2 rings (SSSR count). The number of hydrogen-bond donors (Lipinski definition) is 1. The Hall–Kier alpha value is -1.62. The molecule has 1 aromatic heterocycles. The van der Waals surface area contributed by atoms with Crippen LogP contribution in [0.5, 0.6) is 0 Å². The number of aromatic amines is 1. The van der Waals surface area contributed by atoms with Gasteiger partial charge in [-0.05, 0) is 19.2 Å². The highest BCUT2D eigenvalue weighted by molar-refractivity contribution is 5.93. The number of nitrogens with zero attached hydrogens (tertiary/aromatic N) is 2. The number of carbonyl (C=O) groups excluding carboxylic acids is 1. The molecule has 2 heterocycles. The summed E-state index contributed by atoms with van der Waals surface area (Å²) < 4.78 is 0. The lowest BCUT2D eigenvalue weighted by molar-refractivity contribution is 0.0662. The van der Waals surface area contributed by atoms with E-state index in [1.54, 1.807) is 17.0 Å². The molecule has 1 aromatic rings. The summed E-state index contributed by atoms with van der Waals surface area (Å²) in [6, 6.07) is 3.24. The van der Waals surface area contributed by atoms with E-state index in [4.69, 9.17) is 0 Å². The molecular weight excluding hydrogens is 206 g/mol. The smallest absolute Gasteiger partial charge is 0.260 e. The molecule has 1 fully saturated rings. The normalized spacial score (nSPS) is 17.4. The summed E-state index contributed by atoms with van der Waals surface area (Å²) in [6.07, 6.45) is 1.53. The molecule has 0 saturated carbocycles. The number of likely N-dealkylation sites (N-methyl/N-ethyl adjacent to an activating group) is 1. The van der Waals surface area contributed by atoms with Crippen molar-refractivity contribution in [1.82, 2.24) is 14.8 Å². The van der Waals surface area contributed by atoms with Gasteiger partial charge in [-0.1, -0.05) is 0 Å². The van der Waals surface area contributed by atoms with E-state index in [1.165, 1.54) is 6.20 Å². The summed E-state index contributed by atoms with van der Waals surface area (Å²) >= 11 is 0. The molecule has 1 saturated heterocycles. The lowest BCUT2D eigenvalue weighted by atomic mass is 10.2. The van der Waals surface area contributed by atoms with E-state index >= 15 is 0 Å². The molecule has 0 unspecified atom stereocenters. The number of pyridine rings is 1. The fourth-order valence-corrected chi connectivity index (χ4v) is 1.77. The molecule has 16 heavy (non-hydrogen) atoms. The van der Waals surface area contributed by atoms with Gasteiger partial charge in [-0.2, -0.15) is 0 Å². The van der Waals surface area contributed by atoms with Crippen LogP contribution in [-0.2, 0) is 0 Å². The van der Waals surface area contributed by atoms with Gasteiger partial charge in [0, 0.05) is 32.4 Å². The first-order chi connectivity index (χ1) is 7.68. The van der Waals surface area contributed by atoms with Gasteiger partial charge >= 0.3 is 0 Å². The van der Waals surface area contributed by atoms with E-state index in [0.717, 1.165) is 13.1 Å². The molecule has 86 valence electrons. The second-order valence-electron chi connectivity index (χ2n) is 4.01. The molecule has 0 aliphatic carbocycles. The summed E-state index contributed by atoms with van der Waals surface area (Å²) in [7, 11) is 2.02. The van der Waals surface area contributed by atoms with Crippen LogP contribution in [0, 0.1) is 0 Å². The van der Waals surface area contributed by atoms with E-state index in [-0.39, 0.29) is 17.0 Å². The van der Waals surface area contributed by atoms with Gasteiger partial charge in [-0.25, -0.2) is 0 Å². The lowest BCUT2D eigenvalue weighted by Crippen LogP contribution is -2.48. The first-order valence-electron chi connectivity index (χ1n) is 5.34. The van der Waals surface area contributed by atoms with Gasteiger partial charge in [0.05, 0.1) is 0 Å². The summed E-state index contributed by atoms with van der Waals surface area (Å²) in [4.78, 5) is 29.9. The quantitative estimate of drug-likeness (QED) is 0.712. The third kappa shape index (κ3) is 2.14. The van der Waals surface area contributed by atoms with Crippen LogP contribution in [0.2, 0.25) is 0 Å². The topological polar surface area (TPSA) is 56.4 Å². The van der Waals surface area contributed by atoms with Gasteiger partial charge in [0.15, 0.2) is 0 Å². The standard InChI is InChI=1S/C11H15N3O2/c1-13-5-7-14(8-6-13)11(16)9-3-2-4-12-10(9)15/h2-4H,5-8H2,1H3,(H,12,15). The molecule has 0 atom stereocenters. The first kappa shape index (κ1) is 10.9. The van der Waals surface area contributed by atoms with E-state index in [0.29, 0.717) is 13.1 Å². The number of rotatable bonds is 1. The molecule has 0 aromatic carbocycles. The van der Waals surface area contributed by atoms with Crippen LogP contribution in [-0.4, -0.2) is 53.9 Å². The van der Waals surface area contributed by atoms with Gasteiger partial charge < -0.3 is 14.8 Å². The molecule has 0 bridgehead atoms. The maximum absolute atomic E-state index is 12.0. The summed E-state index contributed by atoms with van der Waals surface area (Å²) in [5.74, 6) is -0.171. The van der Waals surface area contributed by atoms with Crippen LogP contribution >= 0.6 is 0 Å². The number of piperazine rings is 1. The highest BCUT2D eigenvalue weighted by Gasteiger charge is 2.21. The first-order valence-corrected chi connectivity index (χ1v) is 5.34. The second-order valence-corrected chi connectivity index (χ2v) is 4.01. The van der Waals surface area contributed by atoms with E-state index < -0.39 is 0 Å². The maximum atomic E-state index is 12.0. The Labute approximate surface area is 93.7 Å². The SMILES string of the molecule is CN1CCN(C(=O)c2ccc[nH]c2=O)CC1. The fraction of sp³-hybridized carbons (Fsp3) is 0.455. The van der Waals surface area contributed by atoms with Crippen LogP contribution in [0.15, 0.2) is 23.1 Å². The van der Waals surface area contributed by atoms with Crippen molar-refractivity contribution in [2.75, 3.05) is 33.2 Å². The third-order valence-electron chi connectivity index (χ3n) is 2.84. The minimum absolute atomic E-state index is 0.171. The Balaban J connectivity index is 2.14.